The Morgan fingerprint density at radius 1 is 1.46 bits per heavy atom. The summed E-state index contributed by atoms with van der Waals surface area (Å²) in [5.74, 6) is -1.08. The minimum Gasteiger partial charge on any atom is -0.480 e. The number of rotatable bonds is 5. The van der Waals surface area contributed by atoms with Crippen molar-refractivity contribution in [3.05, 3.63) is 0 Å². The zero-order valence-electron chi connectivity index (χ0n) is 8.76. The van der Waals surface area contributed by atoms with Gasteiger partial charge < -0.3 is 10.4 Å². The van der Waals surface area contributed by atoms with Crippen LogP contribution in [0.15, 0.2) is 0 Å². The molecule has 0 radical (unpaired) electrons. The summed E-state index contributed by atoms with van der Waals surface area (Å²) in [6.45, 7) is 7.74. The third-order valence-electron chi connectivity index (χ3n) is 1.24. The van der Waals surface area contributed by atoms with Gasteiger partial charge in [-0.05, 0) is 13.5 Å². The summed E-state index contributed by atoms with van der Waals surface area (Å²) in [5.41, 5.74) is 0. The summed E-state index contributed by atoms with van der Waals surface area (Å²) in [4.78, 5) is 20.9. The molecular formula is C9H23NO3. The number of carboxylic acids is 1. The van der Waals surface area contributed by atoms with E-state index in [4.69, 9.17) is 5.11 Å². The Labute approximate surface area is 82.3 Å². The van der Waals surface area contributed by atoms with Crippen LogP contribution >= 0.6 is 0 Å². The molecule has 0 aliphatic heterocycles. The molecule has 0 aromatic carbocycles. The molecule has 2 N–H and O–H groups in total. The van der Waals surface area contributed by atoms with Crippen LogP contribution in [-0.2, 0) is 9.59 Å². The minimum atomic E-state index is -0.970. The van der Waals surface area contributed by atoms with Gasteiger partial charge in [0.25, 0.3) is 0 Å². The fourth-order valence-corrected chi connectivity index (χ4v) is 0.781. The standard InChI is InChI=1S/C7H13NO3.C2H6.2H2/c1-3-8-6(7(10)11)4-5(2)9;1-2;;/h6,8H,3-4H2,1-2H3,(H,10,11);1-2H3;2*1H. The summed E-state index contributed by atoms with van der Waals surface area (Å²) < 4.78 is 0. The normalized spacial score (nSPS) is 11.1. The number of carboxylic acid groups (broad SMARTS) is 1. The minimum absolute atomic E-state index is 0. The van der Waals surface area contributed by atoms with Crippen LogP contribution in [0.25, 0.3) is 0 Å². The SMILES string of the molecule is CC.CCNC(CC(C)=O)C(=O)O.[HH].[HH]. The lowest BCUT2D eigenvalue weighted by Crippen LogP contribution is -2.37. The second-order valence-electron chi connectivity index (χ2n) is 2.35. The van der Waals surface area contributed by atoms with Gasteiger partial charge in [-0.3, -0.25) is 9.59 Å². The van der Waals surface area contributed by atoms with Crippen LogP contribution in [0.2, 0.25) is 0 Å². The molecule has 4 heteroatoms. The van der Waals surface area contributed by atoms with E-state index >= 15 is 0 Å². The van der Waals surface area contributed by atoms with Crippen molar-refractivity contribution in [2.24, 2.45) is 0 Å². The fraction of sp³-hybridized carbons (Fsp3) is 0.778. The maximum atomic E-state index is 10.5. The molecule has 0 bridgehead atoms. The lowest BCUT2D eigenvalue weighted by atomic mass is 10.1. The van der Waals surface area contributed by atoms with Crippen molar-refractivity contribution in [1.82, 2.24) is 5.32 Å². The van der Waals surface area contributed by atoms with E-state index in [0.29, 0.717) is 6.54 Å². The predicted molar refractivity (Wildman–Crippen MR) is 56.0 cm³/mol. The van der Waals surface area contributed by atoms with Gasteiger partial charge in [0.15, 0.2) is 0 Å². The van der Waals surface area contributed by atoms with Crippen LogP contribution in [0.4, 0.5) is 0 Å². The van der Waals surface area contributed by atoms with Crippen molar-refractivity contribution in [1.29, 1.82) is 0 Å². The molecule has 0 fully saturated rings. The van der Waals surface area contributed by atoms with E-state index in [1.165, 1.54) is 6.92 Å². The van der Waals surface area contributed by atoms with Crippen molar-refractivity contribution in [3.63, 3.8) is 0 Å². The Bertz CT molecular complexity index is 165. The highest BCUT2D eigenvalue weighted by molar-refractivity contribution is 5.84. The van der Waals surface area contributed by atoms with E-state index in [1.54, 1.807) is 6.92 Å². The Hall–Kier alpha value is -0.900. The first-order valence-electron chi connectivity index (χ1n) is 4.53. The summed E-state index contributed by atoms with van der Waals surface area (Å²) in [6.07, 6.45) is 0.0587. The molecule has 0 heterocycles. The van der Waals surface area contributed by atoms with Crippen LogP contribution in [-0.4, -0.2) is 29.4 Å². The first-order valence-corrected chi connectivity index (χ1v) is 4.53. The van der Waals surface area contributed by atoms with Gasteiger partial charge >= 0.3 is 5.97 Å². The van der Waals surface area contributed by atoms with Gasteiger partial charge in [0, 0.05) is 9.27 Å². The average Bonchev–Trinajstić information content (AvgIpc) is 2.06. The van der Waals surface area contributed by atoms with E-state index < -0.39 is 12.0 Å². The molecular weight excluding hydrogens is 170 g/mol. The van der Waals surface area contributed by atoms with Gasteiger partial charge in [-0.15, -0.1) is 0 Å². The van der Waals surface area contributed by atoms with Crippen LogP contribution in [0.3, 0.4) is 0 Å². The fourth-order valence-electron chi connectivity index (χ4n) is 0.781. The highest BCUT2D eigenvalue weighted by atomic mass is 16.4. The smallest absolute Gasteiger partial charge is 0.321 e. The van der Waals surface area contributed by atoms with Crippen molar-refractivity contribution in [2.45, 2.75) is 40.2 Å². The first kappa shape index (κ1) is 14.6. The van der Waals surface area contributed by atoms with Crippen LogP contribution in [0.1, 0.15) is 37.0 Å². The molecule has 82 valence electrons. The second-order valence-corrected chi connectivity index (χ2v) is 2.35. The Morgan fingerprint density at radius 3 is 2.15 bits per heavy atom. The Balaban J connectivity index is -0.000000142. The molecule has 1 unspecified atom stereocenters. The Kier molecular flexibility index (Phi) is 10.3. The predicted octanol–water partition coefficient (Wildman–Crippen LogP) is 1.55. The lowest BCUT2D eigenvalue weighted by Gasteiger charge is -2.09. The topological polar surface area (TPSA) is 66.4 Å². The van der Waals surface area contributed by atoms with Gasteiger partial charge in [0.1, 0.15) is 11.8 Å². The molecule has 0 aromatic rings. The van der Waals surface area contributed by atoms with Gasteiger partial charge in [0.05, 0.1) is 0 Å². The Morgan fingerprint density at radius 2 is 1.92 bits per heavy atom. The zero-order chi connectivity index (χ0) is 10.9. The molecule has 0 amide bonds. The van der Waals surface area contributed by atoms with Gasteiger partial charge in [-0.25, -0.2) is 0 Å². The first-order chi connectivity index (χ1) is 6.07. The maximum Gasteiger partial charge on any atom is 0.321 e. The number of ketones is 1. The lowest BCUT2D eigenvalue weighted by molar-refractivity contribution is -0.141. The highest BCUT2D eigenvalue weighted by Gasteiger charge is 2.16. The number of nitrogens with one attached hydrogen (secondary N) is 1. The summed E-state index contributed by atoms with van der Waals surface area (Å²) in [5, 5.41) is 11.2. The number of hydrogen-bond acceptors (Lipinski definition) is 3. The van der Waals surface area contributed by atoms with Crippen molar-refractivity contribution in [2.75, 3.05) is 6.54 Å². The number of hydrogen-bond donors (Lipinski definition) is 2. The molecule has 4 nitrogen and oxygen atoms in total. The molecule has 0 spiro atoms. The maximum absolute atomic E-state index is 10.5. The van der Waals surface area contributed by atoms with Crippen LogP contribution in [0, 0.1) is 0 Å². The third kappa shape index (κ3) is 9.01. The molecule has 0 rings (SSSR count). The van der Waals surface area contributed by atoms with E-state index in [9.17, 15) is 9.59 Å². The number of carbonyl (C=O) groups excluding carboxylic acids is 1. The number of aliphatic carboxylic acids is 1. The second kappa shape index (κ2) is 9.19. The monoisotopic (exact) mass is 193 g/mol. The van der Waals surface area contributed by atoms with E-state index in [2.05, 4.69) is 5.32 Å². The molecule has 0 saturated carbocycles. The van der Waals surface area contributed by atoms with Crippen LogP contribution < -0.4 is 5.32 Å². The third-order valence-corrected chi connectivity index (χ3v) is 1.24. The van der Waals surface area contributed by atoms with Crippen LogP contribution in [0.5, 0.6) is 0 Å². The number of carbonyl (C=O) groups is 2. The largest absolute Gasteiger partial charge is 0.480 e. The summed E-state index contributed by atoms with van der Waals surface area (Å²) in [6, 6.07) is -0.725. The number of Topliss-reactive ketones (excluding diaryl/α,β-unsaturated/α-hetero) is 1. The van der Waals surface area contributed by atoms with Crippen molar-refractivity contribution >= 4 is 11.8 Å². The summed E-state index contributed by atoms with van der Waals surface area (Å²) >= 11 is 0. The molecule has 0 aromatic heterocycles. The van der Waals surface area contributed by atoms with E-state index in [1.807, 2.05) is 13.8 Å². The quantitative estimate of drug-likeness (QED) is 0.695. The van der Waals surface area contributed by atoms with Gasteiger partial charge in [-0.1, -0.05) is 20.8 Å². The molecule has 1 atom stereocenters. The van der Waals surface area contributed by atoms with E-state index in [-0.39, 0.29) is 15.1 Å². The molecule has 0 saturated heterocycles. The number of likely N-dealkylation sites (N-methyl/N-ethyl adjacent to an activating group) is 1. The van der Waals surface area contributed by atoms with Gasteiger partial charge in [0.2, 0.25) is 0 Å². The molecule has 0 aliphatic carbocycles. The van der Waals surface area contributed by atoms with Crippen molar-refractivity contribution < 1.29 is 17.5 Å². The van der Waals surface area contributed by atoms with Gasteiger partial charge in [-0.2, -0.15) is 0 Å². The summed E-state index contributed by atoms with van der Waals surface area (Å²) in [7, 11) is 0. The van der Waals surface area contributed by atoms with Crippen molar-refractivity contribution in [3.8, 4) is 0 Å². The van der Waals surface area contributed by atoms with E-state index in [0.717, 1.165) is 0 Å². The highest BCUT2D eigenvalue weighted by Crippen LogP contribution is 1.92. The average molecular weight is 193 g/mol. The molecule has 0 aliphatic rings. The zero-order valence-corrected chi connectivity index (χ0v) is 8.76. The molecule has 13 heavy (non-hydrogen) atoms.